The van der Waals surface area contributed by atoms with Crippen LogP contribution in [0.3, 0.4) is 0 Å². The molecule has 0 aromatic rings. The molecular weight excluding hydrogens is 480 g/mol. The van der Waals surface area contributed by atoms with Gasteiger partial charge in [0.1, 0.15) is 0 Å². The normalized spacial score (nSPS) is 11.8. The Morgan fingerprint density at radius 2 is 0.475 bits per heavy atom. The van der Waals surface area contributed by atoms with Crippen molar-refractivity contribution in [2.45, 2.75) is 232 Å². The van der Waals surface area contributed by atoms with E-state index in [9.17, 15) is 0 Å². The van der Waals surface area contributed by atoms with Gasteiger partial charge in [0.25, 0.3) is 0 Å². The molecule has 0 amide bonds. The standard InChI is InChI=1S/C10H22.C9H20.C8H18.C7H16.C6H14/c1-4-6-8-10(3)9-7-5-2;1-4-6-8-9(3)7-5-2;1-4-6-8(3)7-5-2;1-4-6-7(3)5-2;1-4-6(3)5-2/h10H,4-9H2,1-3H3;9H,4-8H2,1-3H3;8H,4-7H2,1-3H3;7H,4-6H2,1-3H3;6H,4-5H2,1-3H3. The maximum Gasteiger partial charge on any atom is -0.0443 e. The molecule has 2 atom stereocenters. The van der Waals surface area contributed by atoms with Crippen LogP contribution in [0.1, 0.15) is 232 Å². The quantitative estimate of drug-likeness (QED) is 0.136. The smallest absolute Gasteiger partial charge is 0.0443 e. The van der Waals surface area contributed by atoms with Crippen LogP contribution < -0.4 is 0 Å². The second-order valence-corrected chi connectivity index (χ2v) is 13.3. The first kappa shape index (κ1) is 49.7. The Labute approximate surface area is 261 Å². The minimum absolute atomic E-state index is 0.935. The van der Waals surface area contributed by atoms with Crippen LogP contribution in [0, 0.1) is 29.6 Å². The maximum absolute atomic E-state index is 2.38. The number of unbranched alkanes of at least 4 members (excludes halogenated alkanes) is 3. The Bertz CT molecular complexity index is 341. The maximum atomic E-state index is 2.38. The molecule has 0 saturated carbocycles. The molecule has 2 unspecified atom stereocenters. The summed E-state index contributed by atoms with van der Waals surface area (Å²) >= 11 is 0. The van der Waals surface area contributed by atoms with Crippen LogP contribution in [0.5, 0.6) is 0 Å². The Hall–Kier alpha value is 0. The van der Waals surface area contributed by atoms with Gasteiger partial charge >= 0.3 is 0 Å². The summed E-state index contributed by atoms with van der Waals surface area (Å²) in [6.07, 6.45) is 27.7. The fourth-order valence-corrected chi connectivity index (χ4v) is 4.55. The summed E-state index contributed by atoms with van der Waals surface area (Å²) in [5.74, 6) is 4.79. The van der Waals surface area contributed by atoms with Crippen molar-refractivity contribution in [3.05, 3.63) is 0 Å². The van der Waals surface area contributed by atoms with Gasteiger partial charge in [-0.1, -0.05) is 232 Å². The van der Waals surface area contributed by atoms with Crippen molar-refractivity contribution in [2.24, 2.45) is 29.6 Å². The first-order valence-electron chi connectivity index (χ1n) is 19.0. The first-order valence-corrected chi connectivity index (χ1v) is 19.0. The van der Waals surface area contributed by atoms with Crippen LogP contribution in [0.15, 0.2) is 0 Å². The van der Waals surface area contributed by atoms with Gasteiger partial charge in [0.2, 0.25) is 0 Å². The van der Waals surface area contributed by atoms with Gasteiger partial charge in [0.15, 0.2) is 0 Å². The summed E-state index contributed by atoms with van der Waals surface area (Å²) in [7, 11) is 0. The molecule has 0 heteroatoms. The van der Waals surface area contributed by atoms with E-state index in [0.29, 0.717) is 0 Å². The van der Waals surface area contributed by atoms with Gasteiger partial charge in [-0.15, -0.1) is 0 Å². The molecule has 0 saturated heterocycles. The lowest BCUT2D eigenvalue weighted by Gasteiger charge is -2.08. The third kappa shape index (κ3) is 57.8. The SMILES string of the molecule is CCC(C)CC.CCCC(C)CC.CCCC(C)CCC.CCCCC(C)CCC.CCCCC(C)CCCC. The lowest BCUT2D eigenvalue weighted by molar-refractivity contribution is 0.454. The molecule has 0 N–H and O–H groups in total. The number of rotatable bonds is 20. The van der Waals surface area contributed by atoms with Crippen LogP contribution in [0.2, 0.25) is 0 Å². The van der Waals surface area contributed by atoms with E-state index in [1.807, 2.05) is 0 Å². The molecule has 0 aliphatic carbocycles. The van der Waals surface area contributed by atoms with E-state index in [-0.39, 0.29) is 0 Å². The summed E-state index contributed by atoms with van der Waals surface area (Å²) in [6, 6.07) is 0. The third-order valence-electron chi connectivity index (χ3n) is 8.37. The van der Waals surface area contributed by atoms with Crippen molar-refractivity contribution in [3.63, 3.8) is 0 Å². The Kier molecular flexibility index (Phi) is 57.1. The van der Waals surface area contributed by atoms with Gasteiger partial charge in [-0.25, -0.2) is 0 Å². The summed E-state index contributed by atoms with van der Waals surface area (Å²) in [5.41, 5.74) is 0. The van der Waals surface area contributed by atoms with E-state index >= 15 is 0 Å². The average molecular weight is 571 g/mol. The van der Waals surface area contributed by atoms with E-state index in [1.54, 1.807) is 0 Å². The Morgan fingerprint density at radius 1 is 0.250 bits per heavy atom. The van der Waals surface area contributed by atoms with Gasteiger partial charge in [-0.05, 0) is 29.6 Å². The lowest BCUT2D eigenvalue weighted by atomic mass is 9.98. The molecule has 40 heavy (non-hydrogen) atoms. The predicted octanol–water partition coefficient (Wildman–Crippen LogP) is 16.1. The fourth-order valence-electron chi connectivity index (χ4n) is 4.55. The van der Waals surface area contributed by atoms with Crippen molar-refractivity contribution in [1.29, 1.82) is 0 Å². The van der Waals surface area contributed by atoms with Crippen molar-refractivity contribution in [2.75, 3.05) is 0 Å². The van der Waals surface area contributed by atoms with Crippen molar-refractivity contribution >= 4 is 0 Å². The molecule has 0 rings (SSSR count). The number of hydrogen-bond donors (Lipinski definition) is 0. The van der Waals surface area contributed by atoms with E-state index in [4.69, 9.17) is 0 Å². The molecule has 0 aromatic heterocycles. The highest BCUT2D eigenvalue weighted by Gasteiger charge is 1.99. The molecule has 0 aliphatic rings. The second-order valence-electron chi connectivity index (χ2n) is 13.3. The summed E-state index contributed by atoms with van der Waals surface area (Å²) < 4.78 is 0. The molecule has 0 nitrogen and oxygen atoms in total. The highest BCUT2D eigenvalue weighted by molar-refractivity contribution is 4.53. The third-order valence-corrected chi connectivity index (χ3v) is 8.37. The van der Waals surface area contributed by atoms with E-state index < -0.39 is 0 Å². The van der Waals surface area contributed by atoms with Gasteiger partial charge in [-0.2, -0.15) is 0 Å². The highest BCUT2D eigenvalue weighted by Crippen LogP contribution is 2.15. The topological polar surface area (TPSA) is 0 Å². The van der Waals surface area contributed by atoms with Crippen LogP contribution >= 0.6 is 0 Å². The molecule has 0 radical (unpaired) electrons. The Balaban J connectivity index is -0.000000129. The zero-order valence-corrected chi connectivity index (χ0v) is 32.0. The molecule has 0 fully saturated rings. The van der Waals surface area contributed by atoms with E-state index in [2.05, 4.69) is 104 Å². The zero-order valence-electron chi connectivity index (χ0n) is 32.0. The van der Waals surface area contributed by atoms with Gasteiger partial charge in [0, 0.05) is 0 Å². The molecular formula is C40H90. The average Bonchev–Trinajstić information content (AvgIpc) is 2.95. The highest BCUT2D eigenvalue weighted by atomic mass is 14.1. The largest absolute Gasteiger partial charge is 0.0654 e. The van der Waals surface area contributed by atoms with Crippen LogP contribution in [0.4, 0.5) is 0 Å². The van der Waals surface area contributed by atoms with E-state index in [0.717, 1.165) is 29.6 Å². The van der Waals surface area contributed by atoms with Crippen molar-refractivity contribution < 1.29 is 0 Å². The molecule has 250 valence electrons. The van der Waals surface area contributed by atoms with Crippen LogP contribution in [-0.4, -0.2) is 0 Å². The van der Waals surface area contributed by atoms with Gasteiger partial charge < -0.3 is 0 Å². The zero-order chi connectivity index (χ0) is 32.0. The van der Waals surface area contributed by atoms with Gasteiger partial charge in [0.05, 0.1) is 0 Å². The minimum atomic E-state index is 0.935. The van der Waals surface area contributed by atoms with Crippen LogP contribution in [-0.2, 0) is 0 Å². The summed E-state index contributed by atoms with van der Waals surface area (Å²) in [6.45, 7) is 34.2. The molecule has 0 bridgehead atoms. The minimum Gasteiger partial charge on any atom is -0.0654 e. The van der Waals surface area contributed by atoms with Crippen molar-refractivity contribution in [3.8, 4) is 0 Å². The molecule has 0 heterocycles. The first-order chi connectivity index (χ1) is 19.0. The van der Waals surface area contributed by atoms with Crippen LogP contribution in [0.25, 0.3) is 0 Å². The fraction of sp³-hybridized carbons (Fsp3) is 1.00. The summed E-state index contributed by atoms with van der Waals surface area (Å²) in [5, 5.41) is 0. The predicted molar refractivity (Wildman–Crippen MR) is 195 cm³/mol. The number of hydrogen-bond acceptors (Lipinski definition) is 0. The lowest BCUT2D eigenvalue weighted by Crippen LogP contribution is -1.93. The monoisotopic (exact) mass is 571 g/mol. The van der Waals surface area contributed by atoms with Crippen molar-refractivity contribution in [1.82, 2.24) is 0 Å². The van der Waals surface area contributed by atoms with Gasteiger partial charge in [-0.3, -0.25) is 0 Å². The molecule has 0 spiro atoms. The summed E-state index contributed by atoms with van der Waals surface area (Å²) in [4.78, 5) is 0. The second kappa shape index (κ2) is 46.0. The molecule has 0 aliphatic heterocycles. The molecule has 0 aromatic carbocycles. The van der Waals surface area contributed by atoms with E-state index in [1.165, 1.54) is 128 Å². The Morgan fingerprint density at radius 3 is 0.650 bits per heavy atom.